The molecule has 0 fully saturated rings. The van der Waals surface area contributed by atoms with Crippen LogP contribution < -0.4 is 20.6 Å². The lowest BCUT2D eigenvalue weighted by Gasteiger charge is -2.11. The van der Waals surface area contributed by atoms with Crippen LogP contribution in [0.1, 0.15) is 32.3 Å². The molecule has 0 heterocycles. The number of ether oxygens (including phenoxy) is 2. The summed E-state index contributed by atoms with van der Waals surface area (Å²) < 4.78 is 11.2. The van der Waals surface area contributed by atoms with Gasteiger partial charge in [0.2, 0.25) is 0 Å². The topological polar surface area (TPSA) is 103 Å². The number of hydrogen-bond donors (Lipinski definition) is 2. The fourth-order valence-corrected chi connectivity index (χ4v) is 1.48. The number of carbonyl (C=O) groups excluding carboxylic acids is 2. The zero-order valence-electron chi connectivity index (χ0n) is 12.8. The smallest absolute Gasteiger partial charge is 0.329 e. The van der Waals surface area contributed by atoms with Gasteiger partial charge in [0.15, 0.2) is 0 Å². The summed E-state index contributed by atoms with van der Waals surface area (Å²) in [5, 5.41) is 3.68. The zero-order chi connectivity index (χ0) is 16.4. The van der Waals surface area contributed by atoms with E-state index in [1.165, 1.54) is 6.21 Å². The molecular weight excluding hydrogens is 286 g/mol. The lowest BCUT2D eigenvalue weighted by Crippen LogP contribution is -2.32. The van der Waals surface area contributed by atoms with E-state index in [0.29, 0.717) is 30.3 Å². The summed E-state index contributed by atoms with van der Waals surface area (Å²) in [4.78, 5) is 21.6. The van der Waals surface area contributed by atoms with Crippen molar-refractivity contribution in [1.82, 2.24) is 5.43 Å². The van der Waals surface area contributed by atoms with Gasteiger partial charge < -0.3 is 15.2 Å². The highest BCUT2D eigenvalue weighted by Crippen LogP contribution is 2.24. The number of amides is 2. The van der Waals surface area contributed by atoms with Gasteiger partial charge in [0.05, 0.1) is 19.4 Å². The van der Waals surface area contributed by atoms with E-state index in [-0.39, 0.29) is 0 Å². The Morgan fingerprint density at radius 3 is 2.55 bits per heavy atom. The van der Waals surface area contributed by atoms with Crippen molar-refractivity contribution in [2.75, 3.05) is 13.2 Å². The molecule has 2 amide bonds. The summed E-state index contributed by atoms with van der Waals surface area (Å²) in [6, 6.07) is 5.31. The normalized spacial score (nSPS) is 10.5. The summed E-state index contributed by atoms with van der Waals surface area (Å²) in [6.45, 7) is 5.19. The van der Waals surface area contributed by atoms with Crippen molar-refractivity contribution in [2.45, 2.75) is 26.7 Å². The lowest BCUT2D eigenvalue weighted by atomic mass is 10.2. The second kappa shape index (κ2) is 9.38. The maximum absolute atomic E-state index is 11.0. The van der Waals surface area contributed by atoms with Gasteiger partial charge in [0.1, 0.15) is 11.5 Å². The van der Waals surface area contributed by atoms with E-state index in [2.05, 4.69) is 5.10 Å². The highest BCUT2D eigenvalue weighted by atomic mass is 16.5. The van der Waals surface area contributed by atoms with Crippen LogP contribution in [0.5, 0.6) is 11.5 Å². The molecule has 7 heteroatoms. The second-order valence-corrected chi connectivity index (χ2v) is 4.46. The SMILES string of the molecule is CCCOc1ccc(/C=N\NC(=O)C(N)=O)c(OCCC)c1. The van der Waals surface area contributed by atoms with Crippen LogP contribution in [0.15, 0.2) is 23.3 Å². The average Bonchev–Trinajstić information content (AvgIpc) is 2.51. The molecule has 0 saturated heterocycles. The molecule has 0 aromatic heterocycles. The van der Waals surface area contributed by atoms with Crippen LogP contribution in [0.4, 0.5) is 0 Å². The van der Waals surface area contributed by atoms with Gasteiger partial charge in [-0.05, 0) is 25.0 Å². The molecule has 22 heavy (non-hydrogen) atoms. The number of primary amides is 1. The minimum absolute atomic E-state index is 0.547. The number of benzene rings is 1. The number of carbonyl (C=O) groups is 2. The van der Waals surface area contributed by atoms with Crippen molar-refractivity contribution in [3.8, 4) is 11.5 Å². The Bertz CT molecular complexity index is 544. The van der Waals surface area contributed by atoms with Crippen LogP contribution in [-0.2, 0) is 9.59 Å². The molecule has 0 aliphatic heterocycles. The molecule has 0 bridgehead atoms. The molecule has 0 aliphatic carbocycles. The quantitative estimate of drug-likeness (QED) is 0.428. The van der Waals surface area contributed by atoms with E-state index in [1.54, 1.807) is 18.2 Å². The number of nitrogens with one attached hydrogen (secondary N) is 1. The molecule has 1 aromatic rings. The van der Waals surface area contributed by atoms with Crippen LogP contribution in [0.25, 0.3) is 0 Å². The molecule has 3 N–H and O–H groups in total. The minimum atomic E-state index is -1.09. The zero-order valence-corrected chi connectivity index (χ0v) is 12.8. The van der Waals surface area contributed by atoms with E-state index < -0.39 is 11.8 Å². The number of hydrazone groups is 1. The second-order valence-electron chi connectivity index (χ2n) is 4.46. The summed E-state index contributed by atoms with van der Waals surface area (Å²) in [5.74, 6) is -0.781. The van der Waals surface area contributed by atoms with E-state index >= 15 is 0 Å². The number of rotatable bonds is 8. The lowest BCUT2D eigenvalue weighted by molar-refractivity contribution is -0.137. The maximum Gasteiger partial charge on any atom is 0.329 e. The van der Waals surface area contributed by atoms with E-state index in [9.17, 15) is 9.59 Å². The van der Waals surface area contributed by atoms with Gasteiger partial charge in [-0.3, -0.25) is 9.59 Å². The molecular formula is C15H21N3O4. The van der Waals surface area contributed by atoms with E-state index in [1.807, 2.05) is 19.3 Å². The number of nitrogens with two attached hydrogens (primary N) is 1. The van der Waals surface area contributed by atoms with Crippen molar-refractivity contribution in [2.24, 2.45) is 10.8 Å². The van der Waals surface area contributed by atoms with E-state index in [0.717, 1.165) is 12.8 Å². The van der Waals surface area contributed by atoms with Crippen LogP contribution in [0.2, 0.25) is 0 Å². The van der Waals surface area contributed by atoms with Gasteiger partial charge in [-0.15, -0.1) is 0 Å². The Hall–Kier alpha value is -2.57. The Labute approximate surface area is 129 Å². The largest absolute Gasteiger partial charge is 0.493 e. The van der Waals surface area contributed by atoms with Gasteiger partial charge in [-0.1, -0.05) is 13.8 Å². The standard InChI is InChI=1S/C15H21N3O4/c1-3-7-21-12-6-5-11(13(9-12)22-8-4-2)10-17-18-15(20)14(16)19/h5-6,9-10H,3-4,7-8H2,1-2H3,(H2,16,19)(H,18,20)/b17-10-. The van der Waals surface area contributed by atoms with Crippen LogP contribution in [-0.4, -0.2) is 31.2 Å². The molecule has 0 unspecified atom stereocenters. The third-order valence-electron chi connectivity index (χ3n) is 2.51. The van der Waals surface area contributed by atoms with Crippen molar-refractivity contribution in [1.29, 1.82) is 0 Å². The Morgan fingerprint density at radius 1 is 1.23 bits per heavy atom. The highest BCUT2D eigenvalue weighted by Gasteiger charge is 2.07. The third kappa shape index (κ3) is 5.82. The van der Waals surface area contributed by atoms with Crippen LogP contribution in [0.3, 0.4) is 0 Å². The first-order valence-electron chi connectivity index (χ1n) is 7.11. The van der Waals surface area contributed by atoms with Gasteiger partial charge in [0, 0.05) is 11.6 Å². The van der Waals surface area contributed by atoms with Crippen molar-refractivity contribution in [3.05, 3.63) is 23.8 Å². The van der Waals surface area contributed by atoms with Gasteiger partial charge in [-0.2, -0.15) is 5.10 Å². The summed E-state index contributed by atoms with van der Waals surface area (Å²) >= 11 is 0. The van der Waals surface area contributed by atoms with Crippen LogP contribution >= 0.6 is 0 Å². The molecule has 7 nitrogen and oxygen atoms in total. The first-order valence-corrected chi connectivity index (χ1v) is 7.11. The molecule has 0 atom stereocenters. The Kier molecular flexibility index (Phi) is 7.45. The average molecular weight is 307 g/mol. The molecule has 1 aromatic carbocycles. The number of hydrogen-bond acceptors (Lipinski definition) is 5. The predicted molar refractivity (Wildman–Crippen MR) is 82.9 cm³/mol. The monoisotopic (exact) mass is 307 g/mol. The first kappa shape index (κ1) is 17.5. The maximum atomic E-state index is 11.0. The Morgan fingerprint density at radius 2 is 1.91 bits per heavy atom. The van der Waals surface area contributed by atoms with Gasteiger partial charge in [0.25, 0.3) is 0 Å². The summed E-state index contributed by atoms with van der Waals surface area (Å²) in [6.07, 6.45) is 3.15. The summed E-state index contributed by atoms with van der Waals surface area (Å²) in [7, 11) is 0. The molecule has 0 saturated carbocycles. The Balaban J connectivity index is 2.84. The molecule has 0 aliphatic rings. The molecule has 1 rings (SSSR count). The minimum Gasteiger partial charge on any atom is -0.493 e. The van der Waals surface area contributed by atoms with Crippen molar-refractivity contribution >= 4 is 18.0 Å². The van der Waals surface area contributed by atoms with Gasteiger partial charge >= 0.3 is 11.8 Å². The predicted octanol–water partition coefficient (Wildman–Crippen LogP) is 1.20. The van der Waals surface area contributed by atoms with Crippen molar-refractivity contribution in [3.63, 3.8) is 0 Å². The highest BCUT2D eigenvalue weighted by molar-refractivity contribution is 6.34. The number of nitrogens with zero attached hydrogens (tertiary/aromatic N) is 1. The summed E-state index contributed by atoms with van der Waals surface area (Å²) in [5.41, 5.74) is 7.50. The van der Waals surface area contributed by atoms with Crippen molar-refractivity contribution < 1.29 is 19.1 Å². The molecule has 0 spiro atoms. The molecule has 0 radical (unpaired) electrons. The third-order valence-corrected chi connectivity index (χ3v) is 2.51. The first-order chi connectivity index (χ1) is 10.6. The fourth-order valence-electron chi connectivity index (χ4n) is 1.48. The van der Waals surface area contributed by atoms with Crippen LogP contribution in [0, 0.1) is 0 Å². The van der Waals surface area contributed by atoms with E-state index in [4.69, 9.17) is 15.2 Å². The van der Waals surface area contributed by atoms with Gasteiger partial charge in [-0.25, -0.2) is 5.43 Å². The fraction of sp³-hybridized carbons (Fsp3) is 0.400. The molecule has 120 valence electrons.